The summed E-state index contributed by atoms with van der Waals surface area (Å²) in [4.78, 5) is 34.3. The molecule has 0 saturated heterocycles. The second-order valence-corrected chi connectivity index (χ2v) is 7.81. The van der Waals surface area contributed by atoms with Crippen LogP contribution in [-0.4, -0.2) is 70.0 Å². The molecule has 0 aliphatic rings. The number of unbranched alkanes of at least 4 members (excludes halogenated alkanes) is 5. The van der Waals surface area contributed by atoms with Crippen LogP contribution in [0.2, 0.25) is 0 Å². The van der Waals surface area contributed by atoms with Crippen LogP contribution < -0.4 is 14.2 Å². The number of Topliss-reactive ketones (excluding diaryl/α,β-unsaturated/α-hetero) is 2. The van der Waals surface area contributed by atoms with E-state index in [9.17, 15) is 14.4 Å². The van der Waals surface area contributed by atoms with Crippen molar-refractivity contribution in [3.8, 4) is 17.2 Å². The Hall–Kier alpha value is -2.61. The highest BCUT2D eigenvalue weighted by Crippen LogP contribution is 2.38. The van der Waals surface area contributed by atoms with E-state index in [0.717, 1.165) is 25.9 Å². The van der Waals surface area contributed by atoms with Crippen molar-refractivity contribution in [3.05, 3.63) is 17.7 Å². The molecular formula is C26H43NO7. The summed E-state index contributed by atoms with van der Waals surface area (Å²) in [6, 6.07) is 3.22. The topological polar surface area (TPSA) is 91.4 Å². The first kappa shape index (κ1) is 31.4. The summed E-state index contributed by atoms with van der Waals surface area (Å²) >= 11 is 0. The fourth-order valence-electron chi connectivity index (χ4n) is 3.13. The van der Waals surface area contributed by atoms with Gasteiger partial charge in [0.1, 0.15) is 0 Å². The largest absolute Gasteiger partial charge is 0.493 e. The third-order valence-corrected chi connectivity index (χ3v) is 5.39. The van der Waals surface area contributed by atoms with Gasteiger partial charge in [-0.25, -0.2) is 4.79 Å². The monoisotopic (exact) mass is 481 g/mol. The summed E-state index contributed by atoms with van der Waals surface area (Å²) in [7, 11) is 4.57. The Morgan fingerprint density at radius 3 is 1.62 bits per heavy atom. The molecule has 0 saturated carbocycles. The fraction of sp³-hybridized carbons (Fsp3) is 0.654. The highest BCUT2D eigenvalue weighted by Gasteiger charge is 2.17. The first-order chi connectivity index (χ1) is 16.2. The standard InChI is InChI=1S/C22H37NO5.C4H6O2/c1-6-23(7-2)14-12-10-8-9-11-13-15-28-22(24)18-16-19(25-3)21(27-5)20(17-18)26-4;1-3(5)4(2)6/h16-17H,6-15H2,1-5H3;1-2H3. The average Bonchev–Trinajstić information content (AvgIpc) is 2.84. The molecule has 8 nitrogen and oxygen atoms in total. The molecule has 0 aliphatic heterocycles. The number of carbonyl (C=O) groups is 3. The summed E-state index contributed by atoms with van der Waals surface area (Å²) in [6.45, 7) is 10.8. The lowest BCUT2D eigenvalue weighted by atomic mass is 10.1. The quantitative estimate of drug-likeness (QED) is 0.190. The van der Waals surface area contributed by atoms with Crippen LogP contribution in [0.1, 0.15) is 76.6 Å². The van der Waals surface area contributed by atoms with Gasteiger partial charge < -0.3 is 23.8 Å². The van der Waals surface area contributed by atoms with E-state index in [1.54, 1.807) is 12.1 Å². The Morgan fingerprint density at radius 1 is 0.735 bits per heavy atom. The maximum Gasteiger partial charge on any atom is 0.338 e. The van der Waals surface area contributed by atoms with Crippen molar-refractivity contribution in [3.63, 3.8) is 0 Å². The predicted octanol–water partition coefficient (Wildman–Crippen LogP) is 4.72. The first-order valence-corrected chi connectivity index (χ1v) is 12.0. The molecule has 0 amide bonds. The van der Waals surface area contributed by atoms with Gasteiger partial charge in [0, 0.05) is 13.8 Å². The van der Waals surface area contributed by atoms with Gasteiger partial charge in [-0.05, 0) is 44.6 Å². The van der Waals surface area contributed by atoms with Gasteiger partial charge in [0.25, 0.3) is 0 Å². The highest BCUT2D eigenvalue weighted by molar-refractivity contribution is 6.35. The number of benzene rings is 1. The van der Waals surface area contributed by atoms with Gasteiger partial charge in [0.2, 0.25) is 5.75 Å². The molecule has 0 heterocycles. The molecule has 0 fully saturated rings. The molecular weight excluding hydrogens is 438 g/mol. The number of ketones is 2. The molecule has 1 aromatic rings. The summed E-state index contributed by atoms with van der Waals surface area (Å²) in [5.74, 6) is 0.211. The minimum atomic E-state index is -0.380. The van der Waals surface area contributed by atoms with Crippen LogP contribution in [0.4, 0.5) is 0 Å². The zero-order chi connectivity index (χ0) is 25.9. The third-order valence-electron chi connectivity index (χ3n) is 5.39. The van der Waals surface area contributed by atoms with Crippen LogP contribution in [0.15, 0.2) is 12.1 Å². The van der Waals surface area contributed by atoms with E-state index in [2.05, 4.69) is 18.7 Å². The second kappa shape index (κ2) is 18.8. The van der Waals surface area contributed by atoms with Crippen molar-refractivity contribution < 1.29 is 33.3 Å². The van der Waals surface area contributed by atoms with Gasteiger partial charge in [-0.2, -0.15) is 0 Å². The van der Waals surface area contributed by atoms with E-state index >= 15 is 0 Å². The molecule has 34 heavy (non-hydrogen) atoms. The molecule has 0 unspecified atom stereocenters. The zero-order valence-electron chi connectivity index (χ0n) is 22.0. The Kier molecular flexibility index (Phi) is 17.3. The molecule has 8 heteroatoms. The van der Waals surface area contributed by atoms with Crippen LogP contribution >= 0.6 is 0 Å². The van der Waals surface area contributed by atoms with E-state index in [0.29, 0.717) is 29.4 Å². The predicted molar refractivity (Wildman–Crippen MR) is 133 cm³/mol. The van der Waals surface area contributed by atoms with E-state index in [4.69, 9.17) is 18.9 Å². The fourth-order valence-corrected chi connectivity index (χ4v) is 3.13. The summed E-state index contributed by atoms with van der Waals surface area (Å²) in [5.41, 5.74) is 0.394. The minimum absolute atomic E-state index is 0.376. The average molecular weight is 482 g/mol. The van der Waals surface area contributed by atoms with E-state index in [-0.39, 0.29) is 17.5 Å². The number of methoxy groups -OCH3 is 3. The molecule has 194 valence electrons. The normalized spacial score (nSPS) is 10.2. The first-order valence-electron chi connectivity index (χ1n) is 12.0. The minimum Gasteiger partial charge on any atom is -0.493 e. The van der Waals surface area contributed by atoms with Crippen LogP contribution in [0.25, 0.3) is 0 Å². The number of hydrogen-bond acceptors (Lipinski definition) is 8. The van der Waals surface area contributed by atoms with Crippen LogP contribution in [0, 0.1) is 0 Å². The number of ether oxygens (including phenoxy) is 4. The van der Waals surface area contributed by atoms with Crippen molar-refractivity contribution in [2.45, 2.75) is 66.2 Å². The van der Waals surface area contributed by atoms with Gasteiger partial charge in [-0.3, -0.25) is 9.59 Å². The van der Waals surface area contributed by atoms with Crippen LogP contribution in [-0.2, 0) is 14.3 Å². The summed E-state index contributed by atoms with van der Waals surface area (Å²) in [6.07, 6.45) is 6.90. The van der Waals surface area contributed by atoms with Crippen LogP contribution in [0.3, 0.4) is 0 Å². The molecule has 0 aliphatic carbocycles. The molecule has 0 aromatic heterocycles. The van der Waals surface area contributed by atoms with Gasteiger partial charge in [-0.15, -0.1) is 0 Å². The van der Waals surface area contributed by atoms with E-state index in [1.165, 1.54) is 67.4 Å². The SMILES string of the molecule is CC(=O)C(C)=O.CCN(CC)CCCCCCCCOC(=O)c1cc(OC)c(OC)c(OC)c1. The number of nitrogens with zero attached hydrogens (tertiary/aromatic N) is 1. The van der Waals surface area contributed by atoms with Crippen molar-refractivity contribution >= 4 is 17.5 Å². The van der Waals surface area contributed by atoms with Crippen molar-refractivity contribution in [1.29, 1.82) is 0 Å². The van der Waals surface area contributed by atoms with E-state index < -0.39 is 0 Å². The number of carbonyl (C=O) groups excluding carboxylic acids is 3. The molecule has 0 bridgehead atoms. The third kappa shape index (κ3) is 12.6. The zero-order valence-corrected chi connectivity index (χ0v) is 22.0. The molecule has 0 spiro atoms. The van der Waals surface area contributed by atoms with Gasteiger partial charge >= 0.3 is 5.97 Å². The maximum atomic E-state index is 12.3. The lowest BCUT2D eigenvalue weighted by Crippen LogP contribution is -2.23. The summed E-state index contributed by atoms with van der Waals surface area (Å²) in [5, 5.41) is 0. The highest BCUT2D eigenvalue weighted by atomic mass is 16.5. The smallest absolute Gasteiger partial charge is 0.338 e. The number of rotatable bonds is 16. The van der Waals surface area contributed by atoms with Gasteiger partial charge in [-0.1, -0.05) is 39.5 Å². The summed E-state index contributed by atoms with van der Waals surface area (Å²) < 4.78 is 21.2. The second-order valence-electron chi connectivity index (χ2n) is 7.81. The van der Waals surface area contributed by atoms with Crippen molar-refractivity contribution in [1.82, 2.24) is 4.90 Å². The lowest BCUT2D eigenvalue weighted by Gasteiger charge is -2.17. The number of esters is 1. The molecule has 0 radical (unpaired) electrons. The van der Waals surface area contributed by atoms with Crippen molar-refractivity contribution in [2.24, 2.45) is 0 Å². The molecule has 0 N–H and O–H groups in total. The molecule has 1 aromatic carbocycles. The Balaban J connectivity index is 0.00000160. The van der Waals surface area contributed by atoms with Crippen LogP contribution in [0.5, 0.6) is 17.2 Å². The van der Waals surface area contributed by atoms with Gasteiger partial charge in [0.05, 0.1) is 33.5 Å². The molecule has 1 rings (SSSR count). The Labute approximate surface area is 204 Å². The van der Waals surface area contributed by atoms with Crippen molar-refractivity contribution in [2.75, 3.05) is 47.6 Å². The Bertz CT molecular complexity index is 708. The molecule has 0 atom stereocenters. The lowest BCUT2D eigenvalue weighted by molar-refractivity contribution is -0.134. The van der Waals surface area contributed by atoms with Gasteiger partial charge in [0.15, 0.2) is 23.1 Å². The van der Waals surface area contributed by atoms with E-state index in [1.807, 2.05) is 0 Å². The number of hydrogen-bond donors (Lipinski definition) is 0. The Morgan fingerprint density at radius 2 is 1.21 bits per heavy atom. The maximum absolute atomic E-state index is 12.3.